The Bertz CT molecular complexity index is 890. The molecule has 0 aromatic rings. The van der Waals surface area contributed by atoms with Crippen LogP contribution in [0.1, 0.15) is 81.1 Å². The van der Waals surface area contributed by atoms with Crippen LogP contribution in [0.4, 0.5) is 0 Å². The van der Waals surface area contributed by atoms with Crippen LogP contribution < -0.4 is 26.6 Å². The molecular formula is C27H47N5O7. The average molecular weight is 554 g/mol. The number of carbonyl (C=O) groups is 6. The summed E-state index contributed by atoms with van der Waals surface area (Å²) in [6.07, 6.45) is 0.414. The van der Waals surface area contributed by atoms with Gasteiger partial charge in [-0.05, 0) is 37.5 Å². The van der Waals surface area contributed by atoms with Gasteiger partial charge < -0.3 is 31.3 Å². The molecule has 1 heterocycles. The first-order chi connectivity index (χ1) is 18.2. The van der Waals surface area contributed by atoms with Gasteiger partial charge in [-0.25, -0.2) is 4.79 Å². The molecule has 0 radical (unpaired) electrons. The molecule has 12 heteroatoms. The van der Waals surface area contributed by atoms with Crippen molar-refractivity contribution >= 4 is 35.5 Å². The Morgan fingerprint density at radius 1 is 0.769 bits per heavy atom. The Kier molecular flexibility index (Phi) is 13.9. The van der Waals surface area contributed by atoms with Gasteiger partial charge in [0.15, 0.2) is 0 Å². The van der Waals surface area contributed by atoms with E-state index in [1.54, 1.807) is 27.7 Å². The van der Waals surface area contributed by atoms with Gasteiger partial charge in [0, 0.05) is 0 Å². The standard InChI is InChI=1S/C27H47N5O7/c1-9-10-18-12-20(33)28-13-21(34)31-22(15(4)5)26(37)30-19(11-14(2)3)25(36)29-17(8)24(35)32-23(16(6)7)27(38)39-18/h14-19,22-23H,9-13H2,1-8H3,(H,28,33)(H,29,36)(H,30,37)(H,31,34)(H,32,35)/t17-,18?,19+,22?,23?/m0/s1. The number of hydrogen-bond acceptors (Lipinski definition) is 7. The van der Waals surface area contributed by atoms with E-state index in [0.29, 0.717) is 19.3 Å². The van der Waals surface area contributed by atoms with Crippen molar-refractivity contribution in [2.45, 2.75) is 111 Å². The van der Waals surface area contributed by atoms with Crippen molar-refractivity contribution in [1.82, 2.24) is 26.6 Å². The lowest BCUT2D eigenvalue weighted by Gasteiger charge is -2.27. The molecule has 1 saturated heterocycles. The van der Waals surface area contributed by atoms with Gasteiger partial charge in [-0.1, -0.05) is 54.9 Å². The molecule has 0 aromatic carbocycles. The number of cyclic esters (lactones) is 1. The fraction of sp³-hybridized carbons (Fsp3) is 0.778. The van der Waals surface area contributed by atoms with E-state index in [4.69, 9.17) is 4.74 Å². The molecule has 1 rings (SSSR count). The van der Waals surface area contributed by atoms with E-state index < -0.39 is 65.8 Å². The first-order valence-electron chi connectivity index (χ1n) is 13.8. The lowest BCUT2D eigenvalue weighted by molar-refractivity contribution is -0.156. The van der Waals surface area contributed by atoms with Crippen LogP contribution in [0.25, 0.3) is 0 Å². The second-order valence-corrected chi connectivity index (χ2v) is 11.3. The monoisotopic (exact) mass is 553 g/mol. The molecule has 0 spiro atoms. The zero-order valence-electron chi connectivity index (χ0n) is 24.5. The van der Waals surface area contributed by atoms with Crippen LogP contribution >= 0.6 is 0 Å². The Balaban J connectivity index is 3.34. The zero-order chi connectivity index (χ0) is 29.9. The minimum Gasteiger partial charge on any atom is -0.460 e. The van der Waals surface area contributed by atoms with Crippen molar-refractivity contribution in [2.24, 2.45) is 17.8 Å². The van der Waals surface area contributed by atoms with E-state index in [1.165, 1.54) is 6.92 Å². The summed E-state index contributed by atoms with van der Waals surface area (Å²) in [6, 6.07) is -3.95. The Hall–Kier alpha value is -3.18. The smallest absolute Gasteiger partial charge is 0.329 e. The number of rotatable bonds is 6. The zero-order valence-corrected chi connectivity index (χ0v) is 24.5. The Morgan fingerprint density at radius 3 is 1.92 bits per heavy atom. The lowest BCUT2D eigenvalue weighted by atomic mass is 9.99. The summed E-state index contributed by atoms with van der Waals surface area (Å²) < 4.78 is 5.60. The maximum atomic E-state index is 13.1. The highest BCUT2D eigenvalue weighted by molar-refractivity contribution is 5.95. The van der Waals surface area contributed by atoms with Gasteiger partial charge in [0.25, 0.3) is 0 Å². The number of esters is 1. The van der Waals surface area contributed by atoms with Gasteiger partial charge in [-0.2, -0.15) is 0 Å². The molecule has 5 amide bonds. The molecule has 39 heavy (non-hydrogen) atoms. The van der Waals surface area contributed by atoms with Crippen LogP contribution in [0.15, 0.2) is 0 Å². The van der Waals surface area contributed by atoms with Crippen molar-refractivity contribution in [3.05, 3.63) is 0 Å². The summed E-state index contributed by atoms with van der Waals surface area (Å²) in [5, 5.41) is 13.1. The maximum absolute atomic E-state index is 13.1. The van der Waals surface area contributed by atoms with Gasteiger partial charge in [-0.15, -0.1) is 0 Å². The quantitative estimate of drug-likeness (QED) is 0.299. The molecule has 222 valence electrons. The second kappa shape index (κ2) is 16.0. The minimum absolute atomic E-state index is 0.0326. The van der Waals surface area contributed by atoms with E-state index in [1.807, 2.05) is 20.8 Å². The van der Waals surface area contributed by atoms with Crippen LogP contribution in [0.2, 0.25) is 0 Å². The minimum atomic E-state index is -1.02. The molecule has 0 aromatic heterocycles. The topological polar surface area (TPSA) is 172 Å². The molecule has 3 unspecified atom stereocenters. The van der Waals surface area contributed by atoms with E-state index in [0.717, 1.165) is 0 Å². The summed E-state index contributed by atoms with van der Waals surface area (Å²) in [6.45, 7) is 13.7. The largest absolute Gasteiger partial charge is 0.460 e. The number of carbonyl (C=O) groups excluding carboxylic acids is 6. The summed E-state index contributed by atoms with van der Waals surface area (Å²) in [5.74, 6) is -4.09. The van der Waals surface area contributed by atoms with Gasteiger partial charge in [0.2, 0.25) is 29.5 Å². The highest BCUT2D eigenvalue weighted by Gasteiger charge is 2.33. The van der Waals surface area contributed by atoms with Crippen LogP contribution in [0.3, 0.4) is 0 Å². The molecule has 0 saturated carbocycles. The number of amides is 5. The fourth-order valence-corrected chi connectivity index (χ4v) is 4.10. The summed E-state index contributed by atoms with van der Waals surface area (Å²) in [4.78, 5) is 77.4. The van der Waals surface area contributed by atoms with E-state index in [2.05, 4.69) is 26.6 Å². The molecule has 1 fully saturated rings. The van der Waals surface area contributed by atoms with Crippen molar-refractivity contribution in [1.29, 1.82) is 0 Å². The Morgan fingerprint density at radius 2 is 1.38 bits per heavy atom. The number of nitrogens with one attached hydrogen (secondary N) is 5. The van der Waals surface area contributed by atoms with Gasteiger partial charge in [0.1, 0.15) is 30.3 Å². The molecule has 12 nitrogen and oxygen atoms in total. The third-order valence-corrected chi connectivity index (χ3v) is 6.33. The van der Waals surface area contributed by atoms with Crippen LogP contribution in [-0.4, -0.2) is 72.3 Å². The van der Waals surface area contributed by atoms with E-state index in [9.17, 15) is 28.8 Å². The highest BCUT2D eigenvalue weighted by atomic mass is 16.5. The highest BCUT2D eigenvalue weighted by Crippen LogP contribution is 2.13. The van der Waals surface area contributed by atoms with Crippen molar-refractivity contribution in [2.75, 3.05) is 6.54 Å². The van der Waals surface area contributed by atoms with Crippen LogP contribution in [-0.2, 0) is 33.5 Å². The van der Waals surface area contributed by atoms with Gasteiger partial charge >= 0.3 is 5.97 Å². The first kappa shape index (κ1) is 33.8. The molecule has 1 aliphatic rings. The van der Waals surface area contributed by atoms with Crippen LogP contribution in [0.5, 0.6) is 0 Å². The third kappa shape index (κ3) is 11.6. The summed E-state index contributed by atoms with van der Waals surface area (Å²) >= 11 is 0. The molecule has 1 aliphatic heterocycles. The van der Waals surface area contributed by atoms with Gasteiger partial charge in [-0.3, -0.25) is 24.0 Å². The van der Waals surface area contributed by atoms with E-state index in [-0.39, 0.29) is 30.7 Å². The average Bonchev–Trinajstić information content (AvgIpc) is 2.82. The predicted octanol–water partition coefficient (Wildman–Crippen LogP) is 0.535. The summed E-state index contributed by atoms with van der Waals surface area (Å²) in [7, 11) is 0. The SMILES string of the molecule is CCCC1CC(=O)NCC(=O)NC(C(C)C)C(=O)N[C@H](CC(C)C)C(=O)N[C@@H](C)C(=O)NC(C(C)C)C(=O)O1. The number of ether oxygens (including phenoxy) is 1. The number of hydrogen-bond donors (Lipinski definition) is 5. The van der Waals surface area contributed by atoms with Crippen molar-refractivity contribution in [3.8, 4) is 0 Å². The molecule has 5 atom stereocenters. The first-order valence-corrected chi connectivity index (χ1v) is 13.8. The molecular weight excluding hydrogens is 506 g/mol. The van der Waals surface area contributed by atoms with Crippen molar-refractivity contribution < 1.29 is 33.5 Å². The second-order valence-electron chi connectivity index (χ2n) is 11.3. The van der Waals surface area contributed by atoms with Crippen LogP contribution in [0, 0.1) is 17.8 Å². The van der Waals surface area contributed by atoms with E-state index >= 15 is 0 Å². The molecule has 0 bridgehead atoms. The third-order valence-electron chi connectivity index (χ3n) is 6.33. The molecule has 5 N–H and O–H groups in total. The predicted molar refractivity (Wildman–Crippen MR) is 145 cm³/mol. The lowest BCUT2D eigenvalue weighted by Crippen LogP contribution is -2.58. The normalized spacial score (nSPS) is 27.0. The summed E-state index contributed by atoms with van der Waals surface area (Å²) in [5.41, 5.74) is 0. The van der Waals surface area contributed by atoms with Gasteiger partial charge in [0.05, 0.1) is 13.0 Å². The van der Waals surface area contributed by atoms with Crippen molar-refractivity contribution in [3.63, 3.8) is 0 Å². The maximum Gasteiger partial charge on any atom is 0.329 e. The Labute approximate surface area is 231 Å². The fourth-order valence-electron chi connectivity index (χ4n) is 4.10. The molecule has 0 aliphatic carbocycles.